The molecule has 0 atom stereocenters. The van der Waals surface area contributed by atoms with Crippen LogP contribution in [0.3, 0.4) is 0 Å². The summed E-state index contributed by atoms with van der Waals surface area (Å²) in [6.45, 7) is 3.01. The summed E-state index contributed by atoms with van der Waals surface area (Å²) in [5, 5.41) is 16.3. The summed E-state index contributed by atoms with van der Waals surface area (Å²) >= 11 is 0. The number of aromatic nitrogens is 2. The second-order valence-electron chi connectivity index (χ2n) is 7.42. The summed E-state index contributed by atoms with van der Waals surface area (Å²) in [5.74, 6) is -1.86. The van der Waals surface area contributed by atoms with Crippen LogP contribution in [0.5, 0.6) is 0 Å². The first-order valence-electron chi connectivity index (χ1n) is 10.8. The number of rotatable bonds is 9. The third-order valence-electron chi connectivity index (χ3n) is 4.53. The summed E-state index contributed by atoms with van der Waals surface area (Å²) < 4.78 is 44.7. The third-order valence-corrected chi connectivity index (χ3v) is 4.53. The van der Waals surface area contributed by atoms with E-state index in [-0.39, 0.29) is 11.7 Å². The number of amides is 1. The van der Waals surface area contributed by atoms with Crippen molar-refractivity contribution in [2.24, 2.45) is 0 Å². The number of para-hydroxylation sites is 1. The van der Waals surface area contributed by atoms with Gasteiger partial charge in [0.25, 0.3) is 0 Å². The number of aliphatic carboxylic acids is 1. The predicted molar refractivity (Wildman–Crippen MR) is 127 cm³/mol. The Morgan fingerprint density at radius 2 is 1.61 bits per heavy atom. The van der Waals surface area contributed by atoms with E-state index in [1.807, 2.05) is 37.3 Å². The molecule has 3 aromatic rings. The zero-order chi connectivity index (χ0) is 26.6. The lowest BCUT2D eigenvalue weighted by molar-refractivity contribution is -0.192. The highest BCUT2D eigenvalue weighted by atomic mass is 19.4. The van der Waals surface area contributed by atoms with Gasteiger partial charge in [-0.1, -0.05) is 30.3 Å². The number of benzene rings is 2. The SMILES string of the molecule is Cc1cnc(NCCc2ccc(F)cc2)nc1NCCC(=O)Nc1ccccc1.O=C(O)C(F)(F)F. The van der Waals surface area contributed by atoms with E-state index >= 15 is 0 Å². The number of carbonyl (C=O) groups is 2. The molecule has 0 unspecified atom stereocenters. The van der Waals surface area contributed by atoms with Crippen molar-refractivity contribution >= 4 is 29.3 Å². The summed E-state index contributed by atoms with van der Waals surface area (Å²) in [7, 11) is 0. The molecule has 0 spiro atoms. The van der Waals surface area contributed by atoms with Crippen LogP contribution in [0.4, 0.5) is 35.0 Å². The molecule has 0 saturated carbocycles. The van der Waals surface area contributed by atoms with Gasteiger partial charge in [0.2, 0.25) is 11.9 Å². The van der Waals surface area contributed by atoms with Gasteiger partial charge in [-0.15, -0.1) is 0 Å². The second-order valence-corrected chi connectivity index (χ2v) is 7.42. The molecular formula is C24H25F4N5O3. The molecule has 2 aromatic carbocycles. The average Bonchev–Trinajstić information content (AvgIpc) is 2.82. The number of carbonyl (C=O) groups excluding carboxylic acids is 1. The van der Waals surface area contributed by atoms with Gasteiger partial charge in [-0.2, -0.15) is 18.2 Å². The van der Waals surface area contributed by atoms with E-state index < -0.39 is 12.1 Å². The minimum atomic E-state index is -5.08. The third kappa shape index (κ3) is 10.4. The van der Waals surface area contributed by atoms with Crippen molar-refractivity contribution in [2.75, 3.05) is 29.0 Å². The lowest BCUT2D eigenvalue weighted by atomic mass is 10.1. The van der Waals surface area contributed by atoms with Crippen LogP contribution in [0.1, 0.15) is 17.5 Å². The Morgan fingerprint density at radius 3 is 2.22 bits per heavy atom. The molecular weight excluding hydrogens is 482 g/mol. The van der Waals surface area contributed by atoms with E-state index in [2.05, 4.69) is 25.9 Å². The van der Waals surface area contributed by atoms with Crippen molar-refractivity contribution in [3.8, 4) is 0 Å². The van der Waals surface area contributed by atoms with Crippen molar-refractivity contribution in [2.45, 2.75) is 25.9 Å². The molecule has 0 aliphatic heterocycles. The fourth-order valence-corrected chi connectivity index (χ4v) is 2.72. The van der Waals surface area contributed by atoms with E-state index in [4.69, 9.17) is 9.90 Å². The number of halogens is 4. The average molecular weight is 507 g/mol. The second kappa shape index (κ2) is 13.6. The Labute approximate surface area is 204 Å². The van der Waals surface area contributed by atoms with Crippen LogP contribution in [0, 0.1) is 12.7 Å². The normalized spacial score (nSPS) is 10.6. The molecule has 1 aromatic heterocycles. The number of anilines is 3. The number of carboxylic acids is 1. The van der Waals surface area contributed by atoms with Gasteiger partial charge in [0.05, 0.1) is 0 Å². The quantitative estimate of drug-likeness (QED) is 0.312. The molecule has 3 rings (SSSR count). The molecule has 0 fully saturated rings. The molecule has 4 N–H and O–H groups in total. The van der Waals surface area contributed by atoms with Crippen molar-refractivity contribution in [1.82, 2.24) is 9.97 Å². The van der Waals surface area contributed by atoms with Crippen LogP contribution < -0.4 is 16.0 Å². The van der Waals surface area contributed by atoms with Gasteiger partial charge in [-0.3, -0.25) is 4.79 Å². The molecule has 8 nitrogen and oxygen atoms in total. The van der Waals surface area contributed by atoms with Crippen LogP contribution >= 0.6 is 0 Å². The van der Waals surface area contributed by atoms with Gasteiger partial charge >= 0.3 is 12.1 Å². The first kappa shape index (κ1) is 28.0. The van der Waals surface area contributed by atoms with Gasteiger partial charge in [-0.05, 0) is 43.2 Å². The monoisotopic (exact) mass is 507 g/mol. The molecule has 0 bridgehead atoms. The Balaban J connectivity index is 0.000000572. The largest absolute Gasteiger partial charge is 0.490 e. The number of nitrogens with one attached hydrogen (secondary N) is 3. The molecule has 0 aliphatic rings. The molecule has 1 heterocycles. The Hall–Kier alpha value is -4.22. The predicted octanol–water partition coefficient (Wildman–Crippen LogP) is 4.65. The van der Waals surface area contributed by atoms with Crippen LogP contribution in [-0.2, 0) is 16.0 Å². The molecule has 192 valence electrons. The number of hydrogen-bond donors (Lipinski definition) is 4. The fourth-order valence-electron chi connectivity index (χ4n) is 2.72. The summed E-state index contributed by atoms with van der Waals surface area (Å²) in [6, 6.07) is 15.8. The Bertz CT molecular complexity index is 1130. The Kier molecular flexibility index (Phi) is 10.6. The minimum Gasteiger partial charge on any atom is -0.475 e. The highest BCUT2D eigenvalue weighted by Gasteiger charge is 2.38. The number of nitrogens with zero attached hydrogens (tertiary/aromatic N) is 2. The van der Waals surface area contributed by atoms with Crippen molar-refractivity contribution in [3.63, 3.8) is 0 Å². The van der Waals surface area contributed by atoms with Gasteiger partial charge in [0.15, 0.2) is 0 Å². The zero-order valence-corrected chi connectivity index (χ0v) is 19.3. The molecule has 0 saturated heterocycles. The maximum absolute atomic E-state index is 12.9. The van der Waals surface area contributed by atoms with E-state index in [9.17, 15) is 22.4 Å². The maximum Gasteiger partial charge on any atom is 0.490 e. The lowest BCUT2D eigenvalue weighted by Gasteiger charge is -2.11. The maximum atomic E-state index is 12.9. The topological polar surface area (TPSA) is 116 Å². The highest BCUT2D eigenvalue weighted by Crippen LogP contribution is 2.14. The smallest absolute Gasteiger partial charge is 0.475 e. The van der Waals surface area contributed by atoms with Crippen LogP contribution in [0.25, 0.3) is 0 Å². The molecule has 36 heavy (non-hydrogen) atoms. The van der Waals surface area contributed by atoms with Crippen LogP contribution in [0.15, 0.2) is 60.8 Å². The van der Waals surface area contributed by atoms with E-state index in [0.717, 1.165) is 23.2 Å². The van der Waals surface area contributed by atoms with Crippen LogP contribution in [-0.4, -0.2) is 46.2 Å². The van der Waals surface area contributed by atoms with Gasteiger partial charge in [0, 0.05) is 37.0 Å². The summed E-state index contributed by atoms with van der Waals surface area (Å²) in [5.41, 5.74) is 2.72. The fraction of sp³-hybridized carbons (Fsp3) is 0.250. The zero-order valence-electron chi connectivity index (χ0n) is 19.3. The van der Waals surface area contributed by atoms with E-state index in [0.29, 0.717) is 31.3 Å². The van der Waals surface area contributed by atoms with Crippen LogP contribution in [0.2, 0.25) is 0 Å². The first-order valence-corrected chi connectivity index (χ1v) is 10.8. The standard InChI is InChI=1S/C22H24FN5O.C2HF3O2/c1-16-15-26-22(25-13-11-17-7-9-18(23)10-8-17)28-21(16)24-14-12-20(29)27-19-5-3-2-4-6-19;3-2(4,5)1(6)7/h2-10,15H,11-14H2,1H3,(H,27,29)(H2,24,25,26,28);(H,6,7). The number of alkyl halides is 3. The van der Waals surface area contributed by atoms with Crippen molar-refractivity contribution in [3.05, 3.63) is 77.7 Å². The first-order chi connectivity index (χ1) is 17.0. The number of carboxylic acid groups (broad SMARTS) is 1. The molecule has 12 heteroatoms. The lowest BCUT2D eigenvalue weighted by Crippen LogP contribution is -2.21. The molecule has 0 radical (unpaired) electrons. The highest BCUT2D eigenvalue weighted by molar-refractivity contribution is 5.90. The Morgan fingerprint density at radius 1 is 0.972 bits per heavy atom. The number of hydrogen-bond acceptors (Lipinski definition) is 6. The molecule has 0 aliphatic carbocycles. The van der Waals surface area contributed by atoms with Crippen molar-refractivity contribution in [1.29, 1.82) is 0 Å². The van der Waals surface area contributed by atoms with Gasteiger partial charge in [-0.25, -0.2) is 14.2 Å². The van der Waals surface area contributed by atoms with E-state index in [1.165, 1.54) is 12.1 Å². The minimum absolute atomic E-state index is 0.0620. The van der Waals surface area contributed by atoms with Gasteiger partial charge < -0.3 is 21.1 Å². The summed E-state index contributed by atoms with van der Waals surface area (Å²) in [4.78, 5) is 29.7. The number of aryl methyl sites for hydroxylation is 1. The molecule has 1 amide bonds. The van der Waals surface area contributed by atoms with E-state index in [1.54, 1.807) is 18.3 Å². The van der Waals surface area contributed by atoms with Crippen molar-refractivity contribution < 1.29 is 32.3 Å². The summed E-state index contributed by atoms with van der Waals surface area (Å²) in [6.07, 6.45) is -2.29. The van der Waals surface area contributed by atoms with Gasteiger partial charge in [0.1, 0.15) is 11.6 Å².